The van der Waals surface area contributed by atoms with Gasteiger partial charge in [-0.3, -0.25) is 0 Å². The molecule has 2 aromatic rings. The number of hydrogen-bond acceptors (Lipinski definition) is 2. The minimum atomic E-state index is -1.10. The van der Waals surface area contributed by atoms with Crippen LogP contribution in [0.3, 0.4) is 0 Å². The van der Waals surface area contributed by atoms with Gasteiger partial charge in [-0.15, -0.1) is 0 Å². The Balaban J connectivity index is 2.85. The first kappa shape index (κ1) is 19.0. The fourth-order valence-electron chi connectivity index (χ4n) is 3.44. The van der Waals surface area contributed by atoms with Crippen molar-refractivity contribution in [3.8, 4) is 5.75 Å². The highest BCUT2D eigenvalue weighted by atomic mass is 16.4. The van der Waals surface area contributed by atoms with Crippen LogP contribution < -0.4 is 0 Å². The monoisotopic (exact) mass is 340 g/mol. The maximum atomic E-state index is 11.8. The number of phenols is 1. The number of carboxylic acid groups (broad SMARTS) is 1. The van der Waals surface area contributed by atoms with Gasteiger partial charge in [0.25, 0.3) is 0 Å². The number of hydrogen-bond donors (Lipinski definition) is 2. The summed E-state index contributed by atoms with van der Waals surface area (Å²) in [6.07, 6.45) is 0. The minimum absolute atomic E-state index is 0.00292. The quantitative estimate of drug-likeness (QED) is 0.794. The maximum Gasteiger partial charge on any atom is 0.339 e. The Kier molecular flexibility index (Phi) is 4.73. The van der Waals surface area contributed by atoms with E-state index in [1.807, 2.05) is 45.9 Å². The number of aromatic hydroxyl groups is 1. The van der Waals surface area contributed by atoms with E-state index in [1.165, 1.54) is 0 Å². The standard InChI is InChI=1S/C22H28O3/c1-13-9-8-10-15(11-13)22(6,7)16-12-17(21(3,4)5)19(23)18(14(16)2)20(24)25/h8-12,23H,1-7H3,(H,24,25). The molecule has 3 heteroatoms. The molecule has 2 rings (SSSR count). The van der Waals surface area contributed by atoms with Crippen molar-refractivity contribution in [2.24, 2.45) is 0 Å². The first-order valence-electron chi connectivity index (χ1n) is 8.55. The summed E-state index contributed by atoms with van der Waals surface area (Å²) in [6, 6.07) is 10.2. The van der Waals surface area contributed by atoms with Gasteiger partial charge in [-0.2, -0.15) is 0 Å². The molecule has 0 aliphatic heterocycles. The molecule has 0 aliphatic carbocycles. The first-order valence-corrected chi connectivity index (χ1v) is 8.55. The zero-order valence-electron chi connectivity index (χ0n) is 16.2. The summed E-state index contributed by atoms with van der Waals surface area (Å²) in [5, 5.41) is 20.3. The van der Waals surface area contributed by atoms with Crippen LogP contribution in [0.4, 0.5) is 0 Å². The van der Waals surface area contributed by atoms with Gasteiger partial charge >= 0.3 is 5.97 Å². The molecule has 0 bridgehead atoms. The van der Waals surface area contributed by atoms with Gasteiger partial charge in [-0.25, -0.2) is 4.79 Å². The second kappa shape index (κ2) is 6.21. The van der Waals surface area contributed by atoms with Gasteiger partial charge in [-0.05, 0) is 36.0 Å². The molecule has 0 saturated carbocycles. The van der Waals surface area contributed by atoms with Crippen LogP contribution >= 0.6 is 0 Å². The predicted octanol–water partition coefficient (Wildman–Crippen LogP) is 5.33. The van der Waals surface area contributed by atoms with E-state index in [4.69, 9.17) is 0 Å². The Morgan fingerprint density at radius 2 is 1.56 bits per heavy atom. The SMILES string of the molecule is Cc1cccc(C(C)(C)c2cc(C(C)(C)C)c(O)c(C(=O)O)c2C)c1. The average molecular weight is 340 g/mol. The average Bonchev–Trinajstić information content (AvgIpc) is 2.45. The minimum Gasteiger partial charge on any atom is -0.507 e. The number of carbonyl (C=O) groups is 1. The van der Waals surface area contributed by atoms with Gasteiger partial charge in [-0.1, -0.05) is 70.5 Å². The second-order valence-electron chi connectivity index (χ2n) is 8.37. The van der Waals surface area contributed by atoms with Crippen molar-refractivity contribution in [3.05, 3.63) is 63.7 Å². The highest BCUT2D eigenvalue weighted by Gasteiger charge is 2.32. The van der Waals surface area contributed by atoms with E-state index in [2.05, 4.69) is 26.0 Å². The molecule has 0 aliphatic rings. The number of aryl methyl sites for hydroxylation is 1. The normalized spacial score (nSPS) is 12.3. The summed E-state index contributed by atoms with van der Waals surface area (Å²) in [6.45, 7) is 14.0. The fraction of sp³-hybridized carbons (Fsp3) is 0.409. The molecule has 0 unspecified atom stereocenters. The third-order valence-corrected chi connectivity index (χ3v) is 4.99. The van der Waals surface area contributed by atoms with E-state index in [0.717, 1.165) is 16.7 Å². The summed E-state index contributed by atoms with van der Waals surface area (Å²) in [5.41, 5.74) is 3.75. The van der Waals surface area contributed by atoms with Crippen molar-refractivity contribution in [3.63, 3.8) is 0 Å². The lowest BCUT2D eigenvalue weighted by Gasteiger charge is -2.32. The van der Waals surface area contributed by atoms with E-state index in [1.54, 1.807) is 6.92 Å². The third-order valence-electron chi connectivity index (χ3n) is 4.99. The van der Waals surface area contributed by atoms with E-state index >= 15 is 0 Å². The molecule has 2 aromatic carbocycles. The van der Waals surface area contributed by atoms with Gasteiger partial charge in [0, 0.05) is 11.0 Å². The van der Waals surface area contributed by atoms with Crippen LogP contribution in [0, 0.1) is 13.8 Å². The largest absolute Gasteiger partial charge is 0.507 e. The van der Waals surface area contributed by atoms with Gasteiger partial charge in [0.15, 0.2) is 0 Å². The van der Waals surface area contributed by atoms with Gasteiger partial charge in [0.05, 0.1) is 0 Å². The molecule has 0 saturated heterocycles. The summed E-state index contributed by atoms with van der Waals surface area (Å²) in [4.78, 5) is 11.8. The molecule has 0 fully saturated rings. The predicted molar refractivity (Wildman–Crippen MR) is 102 cm³/mol. The van der Waals surface area contributed by atoms with Crippen LogP contribution in [-0.2, 0) is 10.8 Å². The lowest BCUT2D eigenvalue weighted by molar-refractivity contribution is 0.0692. The van der Waals surface area contributed by atoms with Gasteiger partial charge < -0.3 is 10.2 Å². The summed E-state index contributed by atoms with van der Waals surface area (Å²) in [5.74, 6) is -1.22. The van der Waals surface area contributed by atoms with E-state index in [-0.39, 0.29) is 22.1 Å². The van der Waals surface area contributed by atoms with Crippen LogP contribution in [0.25, 0.3) is 0 Å². The molecule has 0 atom stereocenters. The zero-order valence-corrected chi connectivity index (χ0v) is 16.2. The van der Waals surface area contributed by atoms with Crippen molar-refractivity contribution in [1.29, 1.82) is 0 Å². The van der Waals surface area contributed by atoms with Crippen molar-refractivity contribution in [2.75, 3.05) is 0 Å². The van der Waals surface area contributed by atoms with Crippen molar-refractivity contribution in [1.82, 2.24) is 0 Å². The molecule has 3 nitrogen and oxygen atoms in total. The fourth-order valence-corrected chi connectivity index (χ4v) is 3.44. The Morgan fingerprint density at radius 3 is 2.04 bits per heavy atom. The molecule has 25 heavy (non-hydrogen) atoms. The number of carboxylic acids is 1. The molecule has 0 aromatic heterocycles. The smallest absolute Gasteiger partial charge is 0.339 e. The molecular weight excluding hydrogens is 312 g/mol. The highest BCUT2D eigenvalue weighted by Crippen LogP contribution is 2.42. The van der Waals surface area contributed by atoms with Crippen LogP contribution in [0.1, 0.15) is 72.8 Å². The Hall–Kier alpha value is -2.29. The summed E-state index contributed by atoms with van der Waals surface area (Å²) >= 11 is 0. The Labute approximate surface area is 150 Å². The molecule has 0 amide bonds. The molecule has 134 valence electrons. The second-order valence-corrected chi connectivity index (χ2v) is 8.37. The third kappa shape index (κ3) is 3.41. The molecule has 0 spiro atoms. The maximum absolute atomic E-state index is 11.8. The molecule has 0 radical (unpaired) electrons. The van der Waals surface area contributed by atoms with Crippen molar-refractivity contribution in [2.45, 2.75) is 59.3 Å². The van der Waals surface area contributed by atoms with E-state index < -0.39 is 5.97 Å². The first-order chi connectivity index (χ1) is 11.4. The Morgan fingerprint density at radius 1 is 0.960 bits per heavy atom. The van der Waals surface area contributed by atoms with Gasteiger partial charge in [0.2, 0.25) is 0 Å². The molecule has 0 heterocycles. The van der Waals surface area contributed by atoms with Crippen molar-refractivity contribution >= 4 is 5.97 Å². The number of aromatic carboxylic acids is 1. The summed E-state index contributed by atoms with van der Waals surface area (Å²) < 4.78 is 0. The van der Waals surface area contributed by atoms with E-state index in [0.29, 0.717) is 11.1 Å². The van der Waals surface area contributed by atoms with Crippen LogP contribution in [0.15, 0.2) is 30.3 Å². The number of rotatable bonds is 3. The summed E-state index contributed by atoms with van der Waals surface area (Å²) in [7, 11) is 0. The molecule has 2 N–H and O–H groups in total. The Bertz CT molecular complexity index is 824. The number of benzene rings is 2. The van der Waals surface area contributed by atoms with E-state index in [9.17, 15) is 15.0 Å². The van der Waals surface area contributed by atoms with Crippen LogP contribution in [0.5, 0.6) is 5.75 Å². The topological polar surface area (TPSA) is 57.5 Å². The van der Waals surface area contributed by atoms with Gasteiger partial charge in [0.1, 0.15) is 11.3 Å². The highest BCUT2D eigenvalue weighted by molar-refractivity contribution is 5.94. The zero-order chi connectivity index (χ0) is 19.2. The lowest BCUT2D eigenvalue weighted by atomic mass is 9.72. The van der Waals surface area contributed by atoms with Crippen molar-refractivity contribution < 1.29 is 15.0 Å². The van der Waals surface area contributed by atoms with Crippen LogP contribution in [-0.4, -0.2) is 16.2 Å². The lowest BCUT2D eigenvalue weighted by Crippen LogP contribution is -2.24. The van der Waals surface area contributed by atoms with Crippen LogP contribution in [0.2, 0.25) is 0 Å². The molecular formula is C22H28O3.